The van der Waals surface area contributed by atoms with Crippen LogP contribution in [0.2, 0.25) is 5.02 Å². The molecule has 1 aliphatic rings. The maximum absolute atomic E-state index is 14.0. The van der Waals surface area contributed by atoms with Crippen molar-refractivity contribution >= 4 is 56.6 Å². The lowest BCUT2D eigenvalue weighted by Crippen LogP contribution is -2.58. The van der Waals surface area contributed by atoms with Gasteiger partial charge in [-0.25, -0.2) is 23.4 Å². The Morgan fingerprint density at radius 2 is 1.63 bits per heavy atom. The van der Waals surface area contributed by atoms with Gasteiger partial charge in [0, 0.05) is 49.5 Å². The number of nitriles is 1. The molecule has 3 amide bonds. The molecule has 3 heterocycles. The molecule has 3 aromatic carbocycles. The zero-order chi connectivity index (χ0) is 51.5. The second kappa shape index (κ2) is 23.8. The number of carbonyl (C=O) groups is 3. The molecule has 5 aromatic rings. The number of aryl methyl sites for hydroxylation is 1. The van der Waals surface area contributed by atoms with Gasteiger partial charge in [-0.15, -0.1) is 11.3 Å². The van der Waals surface area contributed by atoms with Crippen LogP contribution in [-0.4, -0.2) is 102 Å². The van der Waals surface area contributed by atoms with E-state index in [4.69, 9.17) is 25.8 Å². The Balaban J connectivity index is 0.917. The van der Waals surface area contributed by atoms with E-state index in [1.165, 1.54) is 17.3 Å². The van der Waals surface area contributed by atoms with Gasteiger partial charge >= 0.3 is 0 Å². The number of ether oxygens (including phenoxy) is 3. The minimum Gasteiger partial charge on any atom is -0.491 e. The summed E-state index contributed by atoms with van der Waals surface area (Å²) in [6.07, 6.45) is 5.15. The molecule has 0 spiro atoms. The van der Waals surface area contributed by atoms with Crippen molar-refractivity contribution in [1.82, 2.24) is 30.5 Å². The van der Waals surface area contributed by atoms with Crippen LogP contribution in [0.5, 0.6) is 11.5 Å². The van der Waals surface area contributed by atoms with Crippen LogP contribution in [0.1, 0.15) is 93.8 Å². The number of aliphatic hydroxyl groups is 1. The van der Waals surface area contributed by atoms with Crippen LogP contribution in [0.15, 0.2) is 78.6 Å². The number of hydrogen-bond donors (Lipinski definition) is 4. The predicted molar refractivity (Wildman–Crippen MR) is 271 cm³/mol. The number of anilines is 1. The number of amides is 3. The average Bonchev–Trinajstić information content (AvgIpc) is 3.95. The number of likely N-dealkylation sites (tertiary alicyclic amines) is 1. The molecule has 1 saturated heterocycles. The van der Waals surface area contributed by atoms with E-state index in [0.717, 1.165) is 39.1 Å². The van der Waals surface area contributed by atoms with Crippen molar-refractivity contribution in [3.8, 4) is 28.0 Å². The standard InChI is InChI=1S/C51H61ClN8O9S2/c1-32-45(70-31-57-32)35-13-11-33(12-14-35)25-54-47(63)42-23-39(61)28-60(42)48(64)46(50(2,3)4)58-43(62)30-67-19-9-8-10-20-68-44-36(24-53)21-38(22-41(44)52)51(5,6)37-15-17-40(18-16-37)69-29-34-26-55-49(56-27-34)59-71(7,65)66/h11-18,21-22,26-27,31,39,42,46,61H,8-10,19-20,23,25,28-30H2,1-7H3,(H,54,63)(H,58,62)(H,55,56,59)/t39-,42+,46-/m1/s1. The number of β-amino-alcohol motifs (C(OH)–C–C–N with tert-alkyl or cyclic N) is 1. The Morgan fingerprint density at radius 3 is 2.27 bits per heavy atom. The molecule has 3 atom stereocenters. The first-order chi connectivity index (χ1) is 33.6. The molecule has 4 N–H and O–H groups in total. The van der Waals surface area contributed by atoms with Gasteiger partial charge in [-0.05, 0) is 78.1 Å². The third-order valence-corrected chi connectivity index (χ3v) is 13.8. The van der Waals surface area contributed by atoms with Gasteiger partial charge < -0.3 is 34.9 Å². The van der Waals surface area contributed by atoms with Gasteiger partial charge in [-0.3, -0.25) is 19.1 Å². The SMILES string of the molecule is Cc1ncsc1-c1ccc(CNC(=O)[C@@H]2C[C@@H](O)CN2C(=O)[C@@H](NC(=O)COCCCCCOc2c(Cl)cc(C(C)(C)c3ccc(OCc4cnc(NS(C)(=O)=O)nc4)cc3)cc2C#N)C(C)(C)C)cc1. The molecule has 1 fully saturated rings. The number of benzene rings is 3. The van der Waals surface area contributed by atoms with E-state index in [9.17, 15) is 33.2 Å². The van der Waals surface area contributed by atoms with Gasteiger partial charge in [0.05, 0.1) is 45.6 Å². The molecule has 0 radical (unpaired) electrons. The number of thiazole rings is 1. The molecule has 0 aliphatic carbocycles. The van der Waals surface area contributed by atoms with Crippen LogP contribution in [0, 0.1) is 23.7 Å². The number of hydrogen-bond acceptors (Lipinski definition) is 14. The molecule has 378 valence electrons. The van der Waals surface area contributed by atoms with E-state index in [-0.39, 0.29) is 51.2 Å². The first-order valence-corrected chi connectivity index (χ1v) is 26.3. The summed E-state index contributed by atoms with van der Waals surface area (Å²) >= 11 is 8.30. The Hall–Kier alpha value is -6.17. The highest BCUT2D eigenvalue weighted by molar-refractivity contribution is 7.92. The molecule has 17 nitrogen and oxygen atoms in total. The van der Waals surface area contributed by atoms with Crippen LogP contribution in [0.3, 0.4) is 0 Å². The Labute approximate surface area is 424 Å². The lowest BCUT2D eigenvalue weighted by molar-refractivity contribution is -0.144. The number of aromatic nitrogens is 3. The van der Waals surface area contributed by atoms with Crippen molar-refractivity contribution in [2.24, 2.45) is 5.41 Å². The lowest BCUT2D eigenvalue weighted by atomic mass is 9.77. The third-order valence-electron chi connectivity index (χ3n) is 12.0. The van der Waals surface area contributed by atoms with E-state index in [1.807, 2.05) is 90.1 Å². The summed E-state index contributed by atoms with van der Waals surface area (Å²) < 4.78 is 42.6. The molecule has 20 heteroatoms. The quantitative estimate of drug-likeness (QED) is 0.0508. The number of rotatable bonds is 22. The monoisotopic (exact) mass is 1030 g/mol. The first-order valence-electron chi connectivity index (χ1n) is 23.1. The maximum atomic E-state index is 14.0. The highest BCUT2D eigenvalue weighted by Crippen LogP contribution is 2.39. The molecular formula is C51H61ClN8O9S2. The summed E-state index contributed by atoms with van der Waals surface area (Å²) in [6, 6.07) is 19.3. The number of sulfonamides is 1. The van der Waals surface area contributed by atoms with Crippen LogP contribution in [0.4, 0.5) is 5.95 Å². The fourth-order valence-corrected chi connectivity index (χ4v) is 9.46. The molecular weight excluding hydrogens is 968 g/mol. The normalized spacial score (nSPS) is 15.4. The van der Waals surface area contributed by atoms with Gasteiger partial charge in [-0.1, -0.05) is 82.6 Å². The summed E-state index contributed by atoms with van der Waals surface area (Å²) in [5.74, 6) is -0.430. The fraction of sp³-hybridized carbons (Fsp3) is 0.431. The van der Waals surface area contributed by atoms with Crippen LogP contribution < -0.4 is 24.8 Å². The smallest absolute Gasteiger partial charge is 0.246 e. The highest BCUT2D eigenvalue weighted by atomic mass is 35.5. The molecule has 0 bridgehead atoms. The Bertz CT molecular complexity index is 2790. The molecule has 0 unspecified atom stereocenters. The van der Waals surface area contributed by atoms with Gasteiger partial charge in [0.2, 0.25) is 33.7 Å². The zero-order valence-electron chi connectivity index (χ0n) is 41.0. The number of carbonyl (C=O) groups excluding carboxylic acids is 3. The molecule has 1 aliphatic heterocycles. The van der Waals surface area contributed by atoms with Crippen molar-refractivity contribution < 1.29 is 42.1 Å². The largest absolute Gasteiger partial charge is 0.491 e. The average molecular weight is 1030 g/mol. The van der Waals surface area contributed by atoms with Crippen molar-refractivity contribution in [3.63, 3.8) is 0 Å². The minimum absolute atomic E-state index is 0.0239. The second-order valence-corrected chi connectivity index (χ2v) is 22.1. The van der Waals surface area contributed by atoms with Gasteiger partial charge in [0.25, 0.3) is 0 Å². The molecule has 0 saturated carbocycles. The van der Waals surface area contributed by atoms with E-state index in [1.54, 1.807) is 29.0 Å². The Morgan fingerprint density at radius 1 is 0.944 bits per heavy atom. The third kappa shape index (κ3) is 14.9. The second-order valence-electron chi connectivity index (χ2n) is 19.1. The number of halogens is 1. The maximum Gasteiger partial charge on any atom is 0.246 e. The van der Waals surface area contributed by atoms with Crippen molar-refractivity contribution in [2.75, 3.05) is 37.3 Å². The molecule has 71 heavy (non-hydrogen) atoms. The van der Waals surface area contributed by atoms with Gasteiger partial charge in [-0.2, -0.15) is 5.26 Å². The van der Waals surface area contributed by atoms with E-state index < -0.39 is 50.9 Å². The summed E-state index contributed by atoms with van der Waals surface area (Å²) in [4.78, 5) is 55.4. The van der Waals surface area contributed by atoms with Crippen molar-refractivity contribution in [1.29, 1.82) is 5.26 Å². The minimum atomic E-state index is -3.48. The summed E-state index contributed by atoms with van der Waals surface area (Å²) in [5, 5.41) is 26.7. The molecule has 6 rings (SSSR count). The first kappa shape index (κ1) is 54.2. The van der Waals surface area contributed by atoms with Gasteiger partial charge in [0.15, 0.2) is 5.75 Å². The number of unbranched alkanes of at least 4 members (excludes halogenated alkanes) is 2. The highest BCUT2D eigenvalue weighted by Gasteiger charge is 2.44. The summed E-state index contributed by atoms with van der Waals surface area (Å²) in [7, 11) is -3.48. The summed E-state index contributed by atoms with van der Waals surface area (Å²) in [5.41, 5.74) is 6.16. The number of nitrogens with one attached hydrogen (secondary N) is 3. The molecule has 2 aromatic heterocycles. The van der Waals surface area contributed by atoms with Crippen LogP contribution in [-0.2, 0) is 47.7 Å². The topological polar surface area (TPSA) is 235 Å². The number of aliphatic hydroxyl groups excluding tert-OH is 1. The van der Waals surface area contributed by atoms with E-state index in [2.05, 4.69) is 36.4 Å². The van der Waals surface area contributed by atoms with Crippen LogP contribution >= 0.6 is 22.9 Å². The Kier molecular flexibility index (Phi) is 18.2. The van der Waals surface area contributed by atoms with Crippen molar-refractivity contribution in [2.45, 2.75) is 104 Å². The summed E-state index contributed by atoms with van der Waals surface area (Å²) in [6.45, 7) is 12.2. The van der Waals surface area contributed by atoms with Crippen LogP contribution in [0.25, 0.3) is 10.4 Å². The van der Waals surface area contributed by atoms with Gasteiger partial charge in [0.1, 0.15) is 37.1 Å². The predicted octanol–water partition coefficient (Wildman–Crippen LogP) is 7.08. The van der Waals surface area contributed by atoms with E-state index in [0.29, 0.717) is 53.5 Å². The fourth-order valence-electron chi connectivity index (χ4n) is 7.94. The van der Waals surface area contributed by atoms with Crippen molar-refractivity contribution in [3.05, 3.63) is 117 Å². The zero-order valence-corrected chi connectivity index (χ0v) is 43.3. The number of nitrogens with zero attached hydrogens (tertiary/aromatic N) is 5. The lowest BCUT2D eigenvalue weighted by Gasteiger charge is -2.35. The van der Waals surface area contributed by atoms with E-state index >= 15 is 0 Å².